The van der Waals surface area contributed by atoms with E-state index in [4.69, 9.17) is 22.1 Å². The van der Waals surface area contributed by atoms with Crippen LogP contribution in [-0.2, 0) is 9.53 Å². The van der Waals surface area contributed by atoms with Crippen LogP contribution >= 0.6 is 11.6 Å². The number of hydrogen-bond donors (Lipinski definition) is 1. The average Bonchev–Trinajstić information content (AvgIpc) is 2.12. The Kier molecular flexibility index (Phi) is 6.92. The Bertz CT molecular complexity index is 199. The second-order valence-electron chi connectivity index (χ2n) is 2.76. The van der Waals surface area contributed by atoms with Crippen molar-refractivity contribution in [1.29, 1.82) is 0 Å². The summed E-state index contributed by atoms with van der Waals surface area (Å²) >= 11 is 5.42. The summed E-state index contributed by atoms with van der Waals surface area (Å²) in [5.41, 5.74) is 6.69. The van der Waals surface area contributed by atoms with Crippen LogP contribution in [-0.4, -0.2) is 30.5 Å². The molecule has 0 heterocycles. The Morgan fingerprint density at radius 3 is 2.64 bits per heavy atom. The zero-order valence-corrected chi connectivity index (χ0v) is 8.76. The molecule has 0 saturated heterocycles. The Morgan fingerprint density at radius 2 is 2.14 bits per heavy atom. The third-order valence-electron chi connectivity index (χ3n) is 1.49. The Labute approximate surface area is 87.9 Å². The van der Waals surface area contributed by atoms with E-state index in [0.717, 1.165) is 6.42 Å². The van der Waals surface area contributed by atoms with E-state index in [1.165, 1.54) is 6.92 Å². The fourth-order valence-corrected chi connectivity index (χ4v) is 0.834. The Hall–Kier alpha value is -0.970. The van der Waals surface area contributed by atoms with Gasteiger partial charge in [0.25, 0.3) is 5.91 Å². The molecule has 0 aromatic carbocycles. The van der Waals surface area contributed by atoms with Crippen LogP contribution < -0.4 is 11.1 Å². The molecular formula is C8H14ClN2O3. The molecule has 0 bridgehead atoms. The molecule has 5 nitrogen and oxygen atoms in total. The number of ether oxygens (including phenoxy) is 1. The quantitative estimate of drug-likeness (QED) is 0.535. The molecule has 0 aliphatic rings. The summed E-state index contributed by atoms with van der Waals surface area (Å²) in [6.45, 7) is 1.70. The molecule has 2 N–H and O–H groups in total. The van der Waals surface area contributed by atoms with Gasteiger partial charge in [0.1, 0.15) is 6.04 Å². The number of hydrogen-bond acceptors (Lipinski definition) is 3. The van der Waals surface area contributed by atoms with Gasteiger partial charge < -0.3 is 10.1 Å². The van der Waals surface area contributed by atoms with E-state index in [-0.39, 0.29) is 6.61 Å². The second-order valence-corrected chi connectivity index (χ2v) is 3.14. The number of amides is 2. The maximum absolute atomic E-state index is 10.9. The number of rotatable bonds is 6. The number of alkyl halides is 1. The zero-order chi connectivity index (χ0) is 11.0. The van der Waals surface area contributed by atoms with Gasteiger partial charge in [0.15, 0.2) is 0 Å². The molecule has 1 radical (unpaired) electrons. The summed E-state index contributed by atoms with van der Waals surface area (Å²) < 4.78 is 4.72. The van der Waals surface area contributed by atoms with Crippen LogP contribution in [0.15, 0.2) is 0 Å². The molecule has 0 aliphatic heterocycles. The standard InChI is InChI=1S/C8H14ClN2O3/c1-6(7(10)12)11-8(13)14-5-3-2-4-9/h6,10H,2-5H2,1H3,(H,11,13). The van der Waals surface area contributed by atoms with Gasteiger partial charge in [0.2, 0.25) is 0 Å². The first-order valence-corrected chi connectivity index (χ1v) is 4.86. The highest BCUT2D eigenvalue weighted by Crippen LogP contribution is 1.93. The summed E-state index contributed by atoms with van der Waals surface area (Å²) in [4.78, 5) is 21.4. The lowest BCUT2D eigenvalue weighted by Crippen LogP contribution is -2.39. The molecule has 0 fully saturated rings. The van der Waals surface area contributed by atoms with Crippen LogP contribution in [0.2, 0.25) is 0 Å². The Morgan fingerprint density at radius 1 is 1.50 bits per heavy atom. The van der Waals surface area contributed by atoms with Crippen molar-refractivity contribution in [1.82, 2.24) is 11.1 Å². The minimum absolute atomic E-state index is 0.275. The summed E-state index contributed by atoms with van der Waals surface area (Å²) in [6, 6.07) is -0.824. The van der Waals surface area contributed by atoms with Crippen molar-refractivity contribution in [3.63, 3.8) is 0 Å². The fourth-order valence-electron chi connectivity index (χ4n) is 0.645. The van der Waals surface area contributed by atoms with Crippen LogP contribution in [0.25, 0.3) is 0 Å². The van der Waals surface area contributed by atoms with E-state index < -0.39 is 18.0 Å². The molecule has 6 heteroatoms. The first-order chi connectivity index (χ1) is 6.57. The van der Waals surface area contributed by atoms with Crippen molar-refractivity contribution < 1.29 is 14.3 Å². The third kappa shape index (κ3) is 6.54. The average molecular weight is 222 g/mol. The molecule has 0 spiro atoms. The normalized spacial score (nSPS) is 11.9. The van der Waals surface area contributed by atoms with E-state index in [1.54, 1.807) is 0 Å². The first kappa shape index (κ1) is 13.0. The number of unbranched alkanes of at least 4 members (excludes halogenated alkanes) is 1. The molecule has 81 valence electrons. The monoisotopic (exact) mass is 221 g/mol. The summed E-state index contributed by atoms with van der Waals surface area (Å²) in [7, 11) is 0. The number of carbonyl (C=O) groups excluding carboxylic acids is 2. The van der Waals surface area contributed by atoms with E-state index in [2.05, 4.69) is 5.32 Å². The lowest BCUT2D eigenvalue weighted by Gasteiger charge is -2.09. The second kappa shape index (κ2) is 7.44. The van der Waals surface area contributed by atoms with Gasteiger partial charge in [0, 0.05) is 5.88 Å². The molecule has 1 unspecified atom stereocenters. The maximum atomic E-state index is 10.9. The van der Waals surface area contributed by atoms with E-state index in [9.17, 15) is 9.59 Å². The zero-order valence-electron chi connectivity index (χ0n) is 8.01. The van der Waals surface area contributed by atoms with Crippen LogP contribution in [0.1, 0.15) is 19.8 Å². The van der Waals surface area contributed by atoms with Crippen molar-refractivity contribution >= 4 is 23.6 Å². The lowest BCUT2D eigenvalue weighted by molar-refractivity contribution is -0.120. The van der Waals surface area contributed by atoms with Crippen LogP contribution in [0.5, 0.6) is 0 Å². The largest absolute Gasteiger partial charge is 0.450 e. The van der Waals surface area contributed by atoms with Crippen molar-refractivity contribution in [3.05, 3.63) is 0 Å². The summed E-state index contributed by atoms with van der Waals surface area (Å²) in [5, 5.41) is 2.23. The minimum Gasteiger partial charge on any atom is -0.450 e. The van der Waals surface area contributed by atoms with Gasteiger partial charge in [-0.3, -0.25) is 10.5 Å². The minimum atomic E-state index is -0.845. The van der Waals surface area contributed by atoms with Gasteiger partial charge in [-0.1, -0.05) is 0 Å². The van der Waals surface area contributed by atoms with Gasteiger partial charge in [-0.15, -0.1) is 11.6 Å². The van der Waals surface area contributed by atoms with Crippen LogP contribution in [0, 0.1) is 0 Å². The Balaban J connectivity index is 3.50. The molecular weight excluding hydrogens is 208 g/mol. The number of carbonyl (C=O) groups is 2. The molecule has 0 saturated carbocycles. The van der Waals surface area contributed by atoms with Crippen LogP contribution in [0.3, 0.4) is 0 Å². The summed E-state index contributed by atoms with van der Waals surface area (Å²) in [6.07, 6.45) is 0.801. The molecule has 0 aromatic rings. The molecule has 14 heavy (non-hydrogen) atoms. The van der Waals surface area contributed by atoms with E-state index in [1.807, 2.05) is 0 Å². The maximum Gasteiger partial charge on any atom is 0.407 e. The topological polar surface area (TPSA) is 79.2 Å². The van der Waals surface area contributed by atoms with Gasteiger partial charge >= 0.3 is 6.09 Å². The van der Waals surface area contributed by atoms with E-state index in [0.29, 0.717) is 12.3 Å². The SMILES string of the molecule is CC(NC(=O)OCCCCCl)C([NH])=O. The smallest absolute Gasteiger partial charge is 0.407 e. The van der Waals surface area contributed by atoms with Crippen molar-refractivity contribution in [2.45, 2.75) is 25.8 Å². The number of halogens is 1. The van der Waals surface area contributed by atoms with Crippen molar-refractivity contribution in [2.24, 2.45) is 0 Å². The molecule has 0 aromatic heterocycles. The highest BCUT2D eigenvalue weighted by molar-refractivity contribution is 6.17. The number of nitrogens with one attached hydrogen (secondary N) is 2. The number of alkyl carbamates (subject to hydrolysis) is 1. The third-order valence-corrected chi connectivity index (χ3v) is 1.76. The summed E-state index contributed by atoms with van der Waals surface area (Å²) in [5.74, 6) is -0.310. The molecule has 0 aliphatic carbocycles. The molecule has 1 atom stereocenters. The van der Waals surface area contributed by atoms with E-state index >= 15 is 0 Å². The van der Waals surface area contributed by atoms with Gasteiger partial charge in [-0.2, -0.15) is 0 Å². The predicted octanol–water partition coefficient (Wildman–Crippen LogP) is 0.930. The highest BCUT2D eigenvalue weighted by Gasteiger charge is 2.12. The predicted molar refractivity (Wildman–Crippen MR) is 52.0 cm³/mol. The highest BCUT2D eigenvalue weighted by atomic mass is 35.5. The lowest BCUT2D eigenvalue weighted by atomic mass is 10.3. The van der Waals surface area contributed by atoms with Gasteiger partial charge in [0.05, 0.1) is 6.61 Å². The first-order valence-electron chi connectivity index (χ1n) is 4.32. The molecule has 0 rings (SSSR count). The van der Waals surface area contributed by atoms with Crippen molar-refractivity contribution in [2.75, 3.05) is 12.5 Å². The van der Waals surface area contributed by atoms with Crippen molar-refractivity contribution in [3.8, 4) is 0 Å². The van der Waals surface area contributed by atoms with Gasteiger partial charge in [-0.05, 0) is 19.8 Å². The molecule has 2 amide bonds. The fraction of sp³-hybridized carbons (Fsp3) is 0.750. The van der Waals surface area contributed by atoms with Crippen LogP contribution in [0.4, 0.5) is 4.79 Å². The van der Waals surface area contributed by atoms with Gasteiger partial charge in [-0.25, -0.2) is 4.79 Å².